The minimum atomic E-state index is -0.446. The van der Waals surface area contributed by atoms with Crippen LogP contribution in [0.15, 0.2) is 24.8 Å². The fourth-order valence-corrected chi connectivity index (χ4v) is 1.14. The van der Waals surface area contributed by atoms with Crippen molar-refractivity contribution in [3.05, 3.63) is 40.5 Å². The maximum Gasteiger partial charge on any atom is 0.311 e. The van der Waals surface area contributed by atoms with E-state index in [1.807, 2.05) is 6.92 Å². The molecule has 1 rings (SSSR count). The van der Waals surface area contributed by atoms with Gasteiger partial charge in [0.25, 0.3) is 0 Å². The molecule has 0 saturated carbocycles. The smallest absolute Gasteiger partial charge is 0.311 e. The molecule has 4 heteroatoms. The monoisotopic (exact) mass is 207 g/mol. The quantitative estimate of drug-likeness (QED) is 0.550. The van der Waals surface area contributed by atoms with Crippen LogP contribution < -0.4 is 4.74 Å². The van der Waals surface area contributed by atoms with Gasteiger partial charge >= 0.3 is 5.69 Å². The van der Waals surface area contributed by atoms with Crippen molar-refractivity contribution in [2.24, 2.45) is 0 Å². The predicted octanol–water partition coefficient (Wildman–Crippen LogP) is 3.03. The van der Waals surface area contributed by atoms with Gasteiger partial charge in [0.05, 0.1) is 11.5 Å². The molecule has 15 heavy (non-hydrogen) atoms. The number of nitrogens with zero attached hydrogens (tertiary/aromatic N) is 1. The molecule has 4 nitrogen and oxygen atoms in total. The topological polar surface area (TPSA) is 52.4 Å². The van der Waals surface area contributed by atoms with Gasteiger partial charge in [-0.05, 0) is 18.1 Å². The van der Waals surface area contributed by atoms with Gasteiger partial charge in [-0.25, -0.2) is 0 Å². The largest absolute Gasteiger partial charge is 0.487 e. The molecule has 0 N–H and O–H groups in total. The average molecular weight is 207 g/mol. The van der Waals surface area contributed by atoms with Crippen molar-refractivity contribution in [1.82, 2.24) is 0 Å². The third-order valence-electron chi connectivity index (χ3n) is 1.88. The van der Waals surface area contributed by atoms with Crippen molar-refractivity contribution in [2.45, 2.75) is 13.3 Å². The Morgan fingerprint density at radius 1 is 1.60 bits per heavy atom. The van der Waals surface area contributed by atoms with Crippen molar-refractivity contribution in [3.63, 3.8) is 0 Å². The van der Waals surface area contributed by atoms with Gasteiger partial charge in [0.2, 0.25) is 0 Å². The Morgan fingerprint density at radius 2 is 2.33 bits per heavy atom. The van der Waals surface area contributed by atoms with Crippen LogP contribution in [-0.2, 0) is 0 Å². The van der Waals surface area contributed by atoms with E-state index in [2.05, 4.69) is 6.58 Å². The molecule has 1 aromatic rings. The van der Waals surface area contributed by atoms with E-state index < -0.39 is 4.92 Å². The highest BCUT2D eigenvalue weighted by Crippen LogP contribution is 2.28. The van der Waals surface area contributed by atoms with E-state index in [-0.39, 0.29) is 5.69 Å². The lowest BCUT2D eigenvalue weighted by molar-refractivity contribution is -0.385. The molecule has 0 fully saturated rings. The van der Waals surface area contributed by atoms with E-state index in [1.165, 1.54) is 6.07 Å². The molecule has 0 saturated heterocycles. The number of hydrogen-bond acceptors (Lipinski definition) is 3. The number of ether oxygens (including phenoxy) is 1. The maximum atomic E-state index is 10.7. The van der Waals surface area contributed by atoms with Gasteiger partial charge in [-0.2, -0.15) is 0 Å². The van der Waals surface area contributed by atoms with Crippen molar-refractivity contribution < 1.29 is 9.66 Å². The van der Waals surface area contributed by atoms with Crippen LogP contribution in [0.5, 0.6) is 5.75 Å². The fraction of sp³-hybridized carbons (Fsp3) is 0.273. The van der Waals surface area contributed by atoms with Crippen LogP contribution in [0.1, 0.15) is 18.9 Å². The molecule has 0 aliphatic carbocycles. The van der Waals surface area contributed by atoms with Crippen LogP contribution in [0, 0.1) is 10.1 Å². The summed E-state index contributed by atoms with van der Waals surface area (Å²) in [4.78, 5) is 10.3. The van der Waals surface area contributed by atoms with Gasteiger partial charge in [-0.15, -0.1) is 0 Å². The van der Waals surface area contributed by atoms with Crippen LogP contribution in [0.2, 0.25) is 0 Å². The molecule has 0 aromatic heterocycles. The zero-order valence-electron chi connectivity index (χ0n) is 8.60. The molecule has 1 aromatic carbocycles. The Kier molecular flexibility index (Phi) is 3.85. The van der Waals surface area contributed by atoms with Gasteiger partial charge in [-0.1, -0.05) is 25.6 Å². The van der Waals surface area contributed by atoms with E-state index in [4.69, 9.17) is 4.74 Å². The lowest BCUT2D eigenvalue weighted by Gasteiger charge is -2.05. The number of nitro groups is 1. The first-order valence-electron chi connectivity index (χ1n) is 4.72. The van der Waals surface area contributed by atoms with E-state index in [0.29, 0.717) is 17.9 Å². The molecule has 0 radical (unpaired) electrons. The minimum absolute atomic E-state index is 0.0131. The second kappa shape index (κ2) is 5.14. The summed E-state index contributed by atoms with van der Waals surface area (Å²) < 4.78 is 5.27. The molecule has 0 unspecified atom stereocenters. The van der Waals surface area contributed by atoms with Gasteiger partial charge in [0.15, 0.2) is 5.75 Å². The zero-order valence-corrected chi connectivity index (χ0v) is 8.60. The fourth-order valence-electron chi connectivity index (χ4n) is 1.14. The summed E-state index contributed by atoms with van der Waals surface area (Å²) in [6.45, 7) is 5.99. The van der Waals surface area contributed by atoms with Crippen molar-refractivity contribution in [1.29, 1.82) is 0 Å². The average Bonchev–Trinajstić information content (AvgIpc) is 2.26. The zero-order chi connectivity index (χ0) is 11.3. The molecule has 0 aliphatic heterocycles. The van der Waals surface area contributed by atoms with Gasteiger partial charge in [-0.3, -0.25) is 10.1 Å². The highest BCUT2D eigenvalue weighted by Gasteiger charge is 2.14. The molecule has 0 heterocycles. The maximum absolute atomic E-state index is 10.7. The molecule has 80 valence electrons. The number of nitro benzene ring substituents is 1. The number of benzene rings is 1. The van der Waals surface area contributed by atoms with Crippen LogP contribution >= 0.6 is 0 Å². The second-order valence-electron chi connectivity index (χ2n) is 3.04. The first kappa shape index (κ1) is 11.2. The van der Waals surface area contributed by atoms with Gasteiger partial charge < -0.3 is 4.74 Å². The summed E-state index contributed by atoms with van der Waals surface area (Å²) in [5.41, 5.74) is 0.700. The van der Waals surface area contributed by atoms with E-state index >= 15 is 0 Å². The second-order valence-corrected chi connectivity index (χ2v) is 3.04. The van der Waals surface area contributed by atoms with Crippen molar-refractivity contribution >= 4 is 11.8 Å². The Morgan fingerprint density at radius 3 is 2.87 bits per heavy atom. The lowest BCUT2D eigenvalue weighted by Crippen LogP contribution is -1.99. The Hall–Kier alpha value is -1.84. The normalized spacial score (nSPS) is 9.67. The molecule has 0 aliphatic rings. The summed E-state index contributed by atoms with van der Waals surface area (Å²) in [5.74, 6) is 0.312. The third kappa shape index (κ3) is 2.80. The van der Waals surface area contributed by atoms with Crippen molar-refractivity contribution in [2.75, 3.05) is 6.61 Å². The first-order chi connectivity index (χ1) is 7.19. The van der Waals surface area contributed by atoms with Crippen LogP contribution in [0.3, 0.4) is 0 Å². The SMILES string of the molecule is C=Cc1ccc(OCCC)c([N+](=O)[O-])c1. The van der Waals surface area contributed by atoms with E-state index in [9.17, 15) is 10.1 Å². The highest BCUT2D eigenvalue weighted by molar-refractivity contribution is 5.57. The van der Waals surface area contributed by atoms with E-state index in [1.54, 1.807) is 18.2 Å². The molecular weight excluding hydrogens is 194 g/mol. The van der Waals surface area contributed by atoms with E-state index in [0.717, 1.165) is 6.42 Å². The van der Waals surface area contributed by atoms with Gasteiger partial charge in [0, 0.05) is 6.07 Å². The standard InChI is InChI=1S/C11H13NO3/c1-3-7-15-11-6-5-9(4-2)8-10(11)12(13)14/h4-6,8H,2-3,7H2,1H3. The van der Waals surface area contributed by atoms with Crippen LogP contribution in [-0.4, -0.2) is 11.5 Å². The lowest BCUT2D eigenvalue weighted by atomic mass is 10.2. The summed E-state index contributed by atoms with van der Waals surface area (Å²) in [5, 5.41) is 10.7. The highest BCUT2D eigenvalue weighted by atomic mass is 16.6. The first-order valence-corrected chi connectivity index (χ1v) is 4.72. The summed E-state index contributed by atoms with van der Waals surface area (Å²) >= 11 is 0. The molecule has 0 amide bonds. The van der Waals surface area contributed by atoms with Crippen LogP contribution in [0.4, 0.5) is 5.69 Å². The van der Waals surface area contributed by atoms with Gasteiger partial charge in [0.1, 0.15) is 0 Å². The van der Waals surface area contributed by atoms with Crippen LogP contribution in [0.25, 0.3) is 6.08 Å². The molecule has 0 bridgehead atoms. The minimum Gasteiger partial charge on any atom is -0.487 e. The molecular formula is C11H13NO3. The summed E-state index contributed by atoms with van der Waals surface area (Å²) in [6, 6.07) is 4.80. The summed E-state index contributed by atoms with van der Waals surface area (Å²) in [7, 11) is 0. The molecule has 0 spiro atoms. The Bertz CT molecular complexity index is 374. The number of hydrogen-bond donors (Lipinski definition) is 0. The third-order valence-corrected chi connectivity index (χ3v) is 1.88. The van der Waals surface area contributed by atoms with Crippen molar-refractivity contribution in [3.8, 4) is 5.75 Å². The molecule has 0 atom stereocenters. The Balaban J connectivity index is 3.03. The summed E-state index contributed by atoms with van der Waals surface area (Å²) in [6.07, 6.45) is 2.39. The Labute approximate surface area is 88.3 Å². The number of rotatable bonds is 5. The predicted molar refractivity (Wildman–Crippen MR) is 59.0 cm³/mol.